The lowest BCUT2D eigenvalue weighted by atomic mass is 9.87. The maximum Gasteiger partial charge on any atom is 0.163 e. The number of aromatic nitrogens is 1. The highest BCUT2D eigenvalue weighted by Gasteiger charge is 2.17. The van der Waals surface area contributed by atoms with E-state index in [0.29, 0.717) is 34.6 Å². The summed E-state index contributed by atoms with van der Waals surface area (Å²) in [6.07, 6.45) is 4.14. The molecule has 4 aromatic rings. The van der Waals surface area contributed by atoms with Gasteiger partial charge in [0.05, 0.1) is 36.0 Å². The number of halogens is 1. The number of aliphatic hydroxyl groups is 1. The average molecular weight is 590 g/mol. The van der Waals surface area contributed by atoms with Crippen LogP contribution in [0.2, 0.25) is 5.02 Å². The molecule has 3 aromatic carbocycles. The number of likely N-dealkylation sites (tertiary alicyclic amines) is 1. The zero-order valence-electron chi connectivity index (χ0n) is 24.8. The third-order valence-electron chi connectivity index (χ3n) is 7.62. The SMILES string of the molecule is COc1cc2c(Oc3ccc(Nc4ccc(C(C)(C)C)cc4)c(Cl)c3)ccnc2cc1OCCCN1CCC(O)CC1. The summed E-state index contributed by atoms with van der Waals surface area (Å²) in [6, 6.07) is 19.6. The molecule has 1 fully saturated rings. The molecule has 1 aliphatic heterocycles. The Bertz CT molecular complexity index is 1500. The third-order valence-corrected chi connectivity index (χ3v) is 7.93. The summed E-state index contributed by atoms with van der Waals surface area (Å²) < 4.78 is 18.0. The van der Waals surface area contributed by atoms with Gasteiger partial charge in [-0.15, -0.1) is 0 Å². The molecule has 0 radical (unpaired) electrons. The Hall–Kier alpha value is -3.52. The van der Waals surface area contributed by atoms with E-state index in [4.69, 9.17) is 25.8 Å². The van der Waals surface area contributed by atoms with Crippen LogP contribution in [0, 0.1) is 0 Å². The number of nitrogens with zero attached hydrogens (tertiary/aromatic N) is 2. The summed E-state index contributed by atoms with van der Waals surface area (Å²) >= 11 is 6.65. The summed E-state index contributed by atoms with van der Waals surface area (Å²) in [4.78, 5) is 6.92. The van der Waals surface area contributed by atoms with Crippen LogP contribution in [0.4, 0.5) is 11.4 Å². The van der Waals surface area contributed by atoms with Crippen molar-refractivity contribution in [1.29, 1.82) is 0 Å². The quantitative estimate of drug-likeness (QED) is 0.182. The van der Waals surface area contributed by atoms with Crippen LogP contribution in [0.3, 0.4) is 0 Å². The second-order valence-electron chi connectivity index (χ2n) is 11.8. The number of fused-ring (bicyclic) bond motifs is 1. The summed E-state index contributed by atoms with van der Waals surface area (Å²) in [5.41, 5.74) is 3.89. The number of rotatable bonds is 10. The van der Waals surface area contributed by atoms with E-state index in [2.05, 4.69) is 60.2 Å². The Morgan fingerprint density at radius 3 is 2.43 bits per heavy atom. The number of anilines is 2. The van der Waals surface area contributed by atoms with Gasteiger partial charge in [0.1, 0.15) is 11.5 Å². The molecule has 1 aromatic heterocycles. The topological polar surface area (TPSA) is 76.1 Å². The van der Waals surface area contributed by atoms with Crippen molar-refractivity contribution in [1.82, 2.24) is 9.88 Å². The van der Waals surface area contributed by atoms with Crippen molar-refractivity contribution in [2.24, 2.45) is 0 Å². The van der Waals surface area contributed by atoms with E-state index < -0.39 is 0 Å². The normalized spacial score (nSPS) is 14.6. The lowest BCUT2D eigenvalue weighted by Gasteiger charge is -2.29. The molecule has 0 bridgehead atoms. The van der Waals surface area contributed by atoms with Gasteiger partial charge in [-0.2, -0.15) is 0 Å². The Morgan fingerprint density at radius 2 is 1.74 bits per heavy atom. The average Bonchev–Trinajstić information content (AvgIpc) is 2.97. The molecule has 1 saturated heterocycles. The van der Waals surface area contributed by atoms with Crippen molar-refractivity contribution >= 4 is 33.9 Å². The van der Waals surface area contributed by atoms with Crippen molar-refractivity contribution in [3.05, 3.63) is 77.4 Å². The zero-order valence-corrected chi connectivity index (χ0v) is 25.6. The molecule has 0 aliphatic carbocycles. The van der Waals surface area contributed by atoms with Crippen LogP contribution in [-0.2, 0) is 5.41 Å². The van der Waals surface area contributed by atoms with Crippen LogP contribution in [0.1, 0.15) is 45.6 Å². The van der Waals surface area contributed by atoms with E-state index in [1.54, 1.807) is 19.4 Å². The van der Waals surface area contributed by atoms with E-state index in [1.165, 1.54) is 5.56 Å². The molecule has 0 unspecified atom stereocenters. The fourth-order valence-electron chi connectivity index (χ4n) is 5.10. The van der Waals surface area contributed by atoms with Gasteiger partial charge in [-0.25, -0.2) is 0 Å². The first kappa shape index (κ1) is 30.0. The van der Waals surface area contributed by atoms with Gasteiger partial charge in [-0.1, -0.05) is 44.5 Å². The number of aliphatic hydroxyl groups excluding tert-OH is 1. The molecule has 5 rings (SSSR count). The Morgan fingerprint density at radius 1 is 0.976 bits per heavy atom. The number of ether oxygens (including phenoxy) is 3. The molecule has 42 heavy (non-hydrogen) atoms. The van der Waals surface area contributed by atoms with Crippen molar-refractivity contribution in [2.75, 3.05) is 38.7 Å². The number of nitrogens with one attached hydrogen (secondary N) is 1. The van der Waals surface area contributed by atoms with Crippen LogP contribution in [0.25, 0.3) is 10.9 Å². The molecule has 7 nitrogen and oxygen atoms in total. The van der Waals surface area contributed by atoms with E-state index in [9.17, 15) is 5.11 Å². The minimum absolute atomic E-state index is 0.101. The van der Waals surface area contributed by atoms with E-state index >= 15 is 0 Å². The van der Waals surface area contributed by atoms with Gasteiger partial charge in [0, 0.05) is 49.0 Å². The molecule has 222 valence electrons. The van der Waals surface area contributed by atoms with Gasteiger partial charge in [-0.05, 0) is 66.6 Å². The second kappa shape index (κ2) is 13.2. The van der Waals surface area contributed by atoms with E-state index in [-0.39, 0.29) is 11.5 Å². The van der Waals surface area contributed by atoms with Gasteiger partial charge in [0.25, 0.3) is 0 Å². The van der Waals surface area contributed by atoms with Gasteiger partial charge >= 0.3 is 0 Å². The molecule has 8 heteroatoms. The van der Waals surface area contributed by atoms with Gasteiger partial charge in [-0.3, -0.25) is 4.98 Å². The molecule has 0 spiro atoms. The first-order valence-corrected chi connectivity index (χ1v) is 14.9. The minimum atomic E-state index is -0.156. The fraction of sp³-hybridized carbons (Fsp3) is 0.382. The van der Waals surface area contributed by atoms with Crippen LogP contribution in [-0.4, -0.2) is 54.4 Å². The molecular formula is C34H40ClN3O4. The highest BCUT2D eigenvalue weighted by molar-refractivity contribution is 6.33. The molecule has 0 saturated carbocycles. The van der Waals surface area contributed by atoms with Gasteiger partial charge in [0.15, 0.2) is 11.5 Å². The smallest absolute Gasteiger partial charge is 0.163 e. The number of hydrogen-bond donors (Lipinski definition) is 2. The highest BCUT2D eigenvalue weighted by Crippen LogP contribution is 2.38. The number of benzene rings is 3. The van der Waals surface area contributed by atoms with Gasteiger partial charge < -0.3 is 29.5 Å². The first-order valence-electron chi connectivity index (χ1n) is 14.5. The van der Waals surface area contributed by atoms with Crippen molar-refractivity contribution in [2.45, 2.75) is 51.6 Å². The largest absolute Gasteiger partial charge is 0.493 e. The monoisotopic (exact) mass is 589 g/mol. The van der Waals surface area contributed by atoms with Crippen molar-refractivity contribution in [3.63, 3.8) is 0 Å². The van der Waals surface area contributed by atoms with Crippen LogP contribution >= 0.6 is 11.6 Å². The molecule has 1 aliphatic rings. The minimum Gasteiger partial charge on any atom is -0.493 e. The lowest BCUT2D eigenvalue weighted by Crippen LogP contribution is -2.36. The summed E-state index contributed by atoms with van der Waals surface area (Å²) in [5, 5.41) is 14.5. The van der Waals surface area contributed by atoms with E-state index in [0.717, 1.165) is 61.2 Å². The van der Waals surface area contributed by atoms with Crippen molar-refractivity contribution in [3.8, 4) is 23.0 Å². The first-order chi connectivity index (χ1) is 20.2. The second-order valence-corrected chi connectivity index (χ2v) is 12.2. The molecule has 2 heterocycles. The Kier molecular flexibility index (Phi) is 9.41. The Labute approximate surface area is 253 Å². The number of methoxy groups -OCH3 is 1. The lowest BCUT2D eigenvalue weighted by molar-refractivity contribution is 0.0799. The van der Waals surface area contributed by atoms with Crippen LogP contribution in [0.5, 0.6) is 23.0 Å². The number of piperidine rings is 1. The molecular weight excluding hydrogens is 550 g/mol. The molecule has 0 amide bonds. The molecule has 2 N–H and O–H groups in total. The summed E-state index contributed by atoms with van der Waals surface area (Å²) in [5.74, 6) is 2.53. The maximum absolute atomic E-state index is 9.70. The van der Waals surface area contributed by atoms with Crippen LogP contribution < -0.4 is 19.5 Å². The predicted octanol–water partition coefficient (Wildman–Crippen LogP) is 7.96. The number of pyridine rings is 1. The van der Waals surface area contributed by atoms with E-state index in [1.807, 2.05) is 30.3 Å². The molecule has 0 atom stereocenters. The number of hydrogen-bond acceptors (Lipinski definition) is 7. The standard InChI is InChI=1S/C34H40ClN3O4/c1-34(2,3)23-6-8-24(9-7-23)37-29-11-10-26(20-28(29)35)42-31-12-15-36-30-22-33(32(40-4)21-27(30)31)41-19-5-16-38-17-13-25(39)14-18-38/h6-12,15,20-22,25,37,39H,5,13-14,16-19H2,1-4H3. The third kappa shape index (κ3) is 7.46. The predicted molar refractivity (Wildman–Crippen MR) is 170 cm³/mol. The summed E-state index contributed by atoms with van der Waals surface area (Å²) in [6.45, 7) is 9.98. The summed E-state index contributed by atoms with van der Waals surface area (Å²) in [7, 11) is 1.63. The van der Waals surface area contributed by atoms with Crippen molar-refractivity contribution < 1.29 is 19.3 Å². The van der Waals surface area contributed by atoms with Gasteiger partial charge in [0.2, 0.25) is 0 Å². The fourth-order valence-corrected chi connectivity index (χ4v) is 5.32. The highest BCUT2D eigenvalue weighted by atomic mass is 35.5. The zero-order chi connectivity index (χ0) is 29.7. The maximum atomic E-state index is 9.70. The Balaban J connectivity index is 1.25. The van der Waals surface area contributed by atoms with Crippen LogP contribution in [0.15, 0.2) is 66.9 Å².